The van der Waals surface area contributed by atoms with Gasteiger partial charge in [-0.05, 0) is 79.6 Å². The van der Waals surface area contributed by atoms with Crippen LogP contribution in [0, 0.1) is 6.92 Å². The van der Waals surface area contributed by atoms with Crippen LogP contribution in [0.2, 0.25) is 0 Å². The maximum absolute atomic E-state index is 13.6. The zero-order chi connectivity index (χ0) is 36.3. The van der Waals surface area contributed by atoms with Crippen LogP contribution in [0.25, 0.3) is 17.3 Å². The summed E-state index contributed by atoms with van der Waals surface area (Å²) in [5.41, 5.74) is 4.65. The third kappa shape index (κ3) is 9.84. The minimum absolute atomic E-state index is 0.0726. The highest BCUT2D eigenvalue weighted by Gasteiger charge is 2.19. The van der Waals surface area contributed by atoms with E-state index in [1.807, 2.05) is 117 Å². The lowest BCUT2D eigenvalue weighted by atomic mass is 10.1. The van der Waals surface area contributed by atoms with E-state index in [0.29, 0.717) is 34.3 Å². The summed E-state index contributed by atoms with van der Waals surface area (Å²) in [4.78, 5) is 46.2. The van der Waals surface area contributed by atoms with Gasteiger partial charge >= 0.3 is 0 Å². The minimum Gasteiger partial charge on any atom is -0.489 e. The molecular weight excluding hydrogens is 689 g/mol. The van der Waals surface area contributed by atoms with E-state index in [1.165, 1.54) is 23.1 Å². The van der Waals surface area contributed by atoms with Gasteiger partial charge in [0.15, 0.2) is 5.13 Å². The smallest absolute Gasteiger partial charge is 0.272 e. The number of nitrogens with zero attached hydrogens (tertiary/aromatic N) is 1. The second-order valence-electron chi connectivity index (χ2n) is 11.7. The number of aromatic nitrogens is 1. The molecule has 52 heavy (non-hydrogen) atoms. The van der Waals surface area contributed by atoms with Crippen LogP contribution in [0.3, 0.4) is 0 Å². The number of nitrogens with one attached hydrogen (secondary N) is 3. The fourth-order valence-electron chi connectivity index (χ4n) is 5.10. The summed E-state index contributed by atoms with van der Waals surface area (Å²) in [6, 6.07) is 43.0. The van der Waals surface area contributed by atoms with Crippen LogP contribution in [-0.4, -0.2) is 28.0 Å². The number of hydrogen-bond donors (Lipinski definition) is 3. The van der Waals surface area contributed by atoms with Gasteiger partial charge in [-0.1, -0.05) is 91.0 Å². The molecule has 3 N–H and O–H groups in total. The van der Waals surface area contributed by atoms with Crippen molar-refractivity contribution in [1.82, 2.24) is 10.3 Å². The van der Waals surface area contributed by atoms with E-state index in [-0.39, 0.29) is 11.6 Å². The number of carbonyl (C=O) groups is 3. The topological polar surface area (TPSA) is 109 Å². The van der Waals surface area contributed by atoms with Crippen LogP contribution in [0.15, 0.2) is 150 Å². The molecule has 0 saturated carbocycles. The van der Waals surface area contributed by atoms with Gasteiger partial charge in [0, 0.05) is 26.6 Å². The van der Waals surface area contributed by atoms with Gasteiger partial charge in [0.25, 0.3) is 11.8 Å². The zero-order valence-corrected chi connectivity index (χ0v) is 30.2. The van der Waals surface area contributed by atoms with Crippen molar-refractivity contribution >= 4 is 57.7 Å². The molecule has 0 saturated heterocycles. The van der Waals surface area contributed by atoms with Crippen molar-refractivity contribution in [3.05, 3.63) is 167 Å². The first-order valence-electron chi connectivity index (χ1n) is 16.6. The molecule has 1 atom stereocenters. The first-order chi connectivity index (χ1) is 25.3. The largest absolute Gasteiger partial charge is 0.489 e. The summed E-state index contributed by atoms with van der Waals surface area (Å²) in [6.45, 7) is 4.26. The Bertz CT molecular complexity index is 2150. The van der Waals surface area contributed by atoms with Gasteiger partial charge < -0.3 is 20.7 Å². The van der Waals surface area contributed by atoms with Crippen LogP contribution in [0.4, 0.5) is 10.8 Å². The van der Waals surface area contributed by atoms with Crippen LogP contribution >= 0.6 is 23.1 Å². The zero-order valence-electron chi connectivity index (χ0n) is 28.5. The molecule has 0 aliphatic carbocycles. The number of benzene rings is 5. The van der Waals surface area contributed by atoms with E-state index in [0.717, 1.165) is 26.6 Å². The molecule has 1 heterocycles. The Morgan fingerprint density at radius 1 is 0.788 bits per heavy atom. The fraction of sp³-hybridized carbons (Fsp3) is 0.0952. The molecule has 10 heteroatoms. The highest BCUT2D eigenvalue weighted by atomic mass is 32.2. The lowest BCUT2D eigenvalue weighted by molar-refractivity contribution is -0.115. The minimum atomic E-state index is -0.490. The molecule has 5 aromatic carbocycles. The van der Waals surface area contributed by atoms with Crippen molar-refractivity contribution in [3.63, 3.8) is 0 Å². The number of anilines is 2. The molecule has 6 rings (SSSR count). The number of rotatable bonds is 13. The van der Waals surface area contributed by atoms with E-state index >= 15 is 0 Å². The van der Waals surface area contributed by atoms with Gasteiger partial charge in [0.2, 0.25) is 5.91 Å². The molecule has 0 aliphatic heterocycles. The Labute approximate surface area is 311 Å². The second-order valence-corrected chi connectivity index (χ2v) is 14.4. The molecule has 6 aromatic rings. The average Bonchev–Trinajstić information content (AvgIpc) is 3.55. The quantitative estimate of drug-likeness (QED) is 0.0810. The maximum Gasteiger partial charge on any atom is 0.272 e. The van der Waals surface area contributed by atoms with E-state index in [9.17, 15) is 14.4 Å². The fourth-order valence-corrected chi connectivity index (χ4v) is 6.81. The average molecular weight is 725 g/mol. The number of aryl methyl sites for hydroxylation is 1. The lowest BCUT2D eigenvalue weighted by Gasteiger charge is -2.13. The molecule has 0 spiro atoms. The van der Waals surface area contributed by atoms with Gasteiger partial charge in [0.1, 0.15) is 18.1 Å². The summed E-state index contributed by atoms with van der Waals surface area (Å²) in [7, 11) is 0. The number of hydrogen-bond acceptors (Lipinski definition) is 7. The highest BCUT2D eigenvalue weighted by molar-refractivity contribution is 8.00. The molecule has 1 aromatic heterocycles. The van der Waals surface area contributed by atoms with E-state index < -0.39 is 17.1 Å². The van der Waals surface area contributed by atoms with Crippen molar-refractivity contribution in [1.29, 1.82) is 0 Å². The Kier molecular flexibility index (Phi) is 11.9. The SMILES string of the molecule is Cc1sc(NC(=O)C(C)Sc2ccc(NC(=O)/C(=C/c3ccc(OCc4ccccc4)cc3)NC(=O)c3ccccc3)cc2)nc1-c1ccccc1. The summed E-state index contributed by atoms with van der Waals surface area (Å²) >= 11 is 2.84. The Hall–Kier alpha value is -5.97. The van der Waals surface area contributed by atoms with Crippen molar-refractivity contribution in [2.45, 2.75) is 30.6 Å². The van der Waals surface area contributed by atoms with Gasteiger partial charge in [-0.3, -0.25) is 14.4 Å². The summed E-state index contributed by atoms with van der Waals surface area (Å²) in [6.07, 6.45) is 1.62. The Morgan fingerprint density at radius 3 is 2.10 bits per heavy atom. The molecular formula is C42H36N4O4S2. The molecule has 0 fully saturated rings. The predicted molar refractivity (Wildman–Crippen MR) is 210 cm³/mol. The third-order valence-electron chi connectivity index (χ3n) is 7.84. The lowest BCUT2D eigenvalue weighted by Crippen LogP contribution is -2.30. The van der Waals surface area contributed by atoms with Crippen molar-refractivity contribution < 1.29 is 19.1 Å². The summed E-state index contributed by atoms with van der Waals surface area (Å²) < 4.78 is 5.90. The third-order valence-corrected chi connectivity index (χ3v) is 9.83. The molecule has 1 unspecified atom stereocenters. The monoisotopic (exact) mass is 724 g/mol. The summed E-state index contributed by atoms with van der Waals surface area (Å²) in [5.74, 6) is -0.375. The number of ether oxygens (including phenoxy) is 1. The molecule has 0 bridgehead atoms. The molecule has 0 radical (unpaired) electrons. The van der Waals surface area contributed by atoms with E-state index in [2.05, 4.69) is 20.9 Å². The number of carbonyl (C=O) groups excluding carboxylic acids is 3. The number of thiazole rings is 1. The molecule has 0 aliphatic rings. The van der Waals surface area contributed by atoms with Crippen LogP contribution in [0.1, 0.15) is 33.3 Å². The van der Waals surface area contributed by atoms with Crippen LogP contribution in [-0.2, 0) is 16.2 Å². The normalized spacial score (nSPS) is 11.7. The van der Waals surface area contributed by atoms with Crippen molar-refractivity contribution in [3.8, 4) is 17.0 Å². The van der Waals surface area contributed by atoms with Gasteiger partial charge in [-0.2, -0.15) is 0 Å². The molecule has 260 valence electrons. The van der Waals surface area contributed by atoms with Gasteiger partial charge in [-0.25, -0.2) is 4.98 Å². The van der Waals surface area contributed by atoms with E-state index in [1.54, 1.807) is 42.5 Å². The van der Waals surface area contributed by atoms with Crippen molar-refractivity contribution in [2.24, 2.45) is 0 Å². The molecule has 8 nitrogen and oxygen atoms in total. The van der Waals surface area contributed by atoms with Gasteiger partial charge in [0.05, 0.1) is 10.9 Å². The molecule has 3 amide bonds. The second kappa shape index (κ2) is 17.3. The maximum atomic E-state index is 13.6. The highest BCUT2D eigenvalue weighted by Crippen LogP contribution is 2.31. The summed E-state index contributed by atoms with van der Waals surface area (Å²) in [5, 5.41) is 8.76. The van der Waals surface area contributed by atoms with Crippen LogP contribution in [0.5, 0.6) is 5.75 Å². The van der Waals surface area contributed by atoms with Gasteiger partial charge in [-0.15, -0.1) is 23.1 Å². The first-order valence-corrected chi connectivity index (χ1v) is 18.3. The van der Waals surface area contributed by atoms with Crippen LogP contribution < -0.4 is 20.7 Å². The Balaban J connectivity index is 1.09. The number of thioether (sulfide) groups is 1. The van der Waals surface area contributed by atoms with E-state index in [4.69, 9.17) is 4.74 Å². The first kappa shape index (κ1) is 35.8. The predicted octanol–water partition coefficient (Wildman–Crippen LogP) is 9.23. The Morgan fingerprint density at radius 2 is 1.42 bits per heavy atom. The van der Waals surface area contributed by atoms with Crippen molar-refractivity contribution in [2.75, 3.05) is 10.6 Å². The standard InChI is InChI=1S/C42H36N4O4S2/c1-28-38(32-14-8-4-9-15-32)45-42(52-28)46-39(47)29(2)51-36-24-20-34(21-25-36)43-41(49)37(44-40(48)33-16-10-5-11-17-33)26-30-18-22-35(23-19-30)50-27-31-12-6-3-7-13-31/h3-26,29H,27H2,1-2H3,(H,43,49)(H,44,48)(H,45,46,47)/b37-26-. The number of amides is 3.